The molecule has 1 aliphatic heterocycles. The first-order chi connectivity index (χ1) is 14.7. The number of anilines is 2. The fourth-order valence-electron chi connectivity index (χ4n) is 3.47. The molecule has 2 heterocycles. The van der Waals surface area contributed by atoms with Gasteiger partial charge >= 0.3 is 0 Å². The minimum atomic E-state index is 0.000222. The lowest BCUT2D eigenvalue weighted by Gasteiger charge is -2.32. The first-order valence-corrected chi connectivity index (χ1v) is 12.3. The summed E-state index contributed by atoms with van der Waals surface area (Å²) in [4.78, 5) is 14.9. The Bertz CT molecular complexity index is 974. The number of benzene rings is 2. The molecular weight excluding hydrogens is 436 g/mol. The van der Waals surface area contributed by atoms with E-state index in [1.807, 2.05) is 36.4 Å². The Labute approximate surface area is 189 Å². The Morgan fingerprint density at radius 1 is 1.10 bits per heavy atom. The van der Waals surface area contributed by atoms with Gasteiger partial charge in [0, 0.05) is 41.2 Å². The van der Waals surface area contributed by atoms with Gasteiger partial charge < -0.3 is 10.2 Å². The molecule has 3 aromatic rings. The number of nitrogens with zero attached hydrogens (tertiary/aromatic N) is 3. The Morgan fingerprint density at radius 3 is 2.67 bits per heavy atom. The number of carbonyl (C=O) groups is 1. The number of piperidine rings is 1. The van der Waals surface area contributed by atoms with E-state index in [0.29, 0.717) is 5.13 Å². The average molecular weight is 459 g/mol. The van der Waals surface area contributed by atoms with Crippen molar-refractivity contribution in [1.29, 1.82) is 0 Å². The topological polar surface area (TPSA) is 58.1 Å². The first kappa shape index (κ1) is 21.2. The summed E-state index contributed by atoms with van der Waals surface area (Å²) in [6.07, 6.45) is 1.63. The quantitative estimate of drug-likeness (QED) is 0.508. The number of halogens is 1. The van der Waals surface area contributed by atoms with Gasteiger partial charge in [-0.3, -0.25) is 4.79 Å². The second-order valence-electron chi connectivity index (χ2n) is 7.21. The fourth-order valence-corrected chi connectivity index (χ4v) is 5.44. The standard InChI is InChI=1S/C22H23ClN4OS2/c23-18-7-4-8-19(13-18)27-11-9-17(10-12-27)21(28)24-22-26-25-20(30-22)15-29-14-16-5-2-1-3-6-16/h1-8,13,17H,9-12,14-15H2,(H,24,26,28). The normalized spacial score (nSPS) is 14.6. The number of aromatic nitrogens is 2. The highest BCUT2D eigenvalue weighted by Crippen LogP contribution is 2.27. The Balaban J connectivity index is 1.23. The lowest BCUT2D eigenvalue weighted by atomic mass is 9.95. The van der Waals surface area contributed by atoms with E-state index in [4.69, 9.17) is 11.6 Å². The van der Waals surface area contributed by atoms with Crippen molar-refractivity contribution in [3.05, 3.63) is 70.2 Å². The minimum Gasteiger partial charge on any atom is -0.371 e. The molecule has 5 nitrogen and oxygen atoms in total. The summed E-state index contributed by atoms with van der Waals surface area (Å²) >= 11 is 9.35. The van der Waals surface area contributed by atoms with Crippen molar-refractivity contribution in [2.24, 2.45) is 5.92 Å². The van der Waals surface area contributed by atoms with Gasteiger partial charge in [-0.25, -0.2) is 0 Å². The predicted octanol–water partition coefficient (Wildman–Crippen LogP) is 5.48. The zero-order valence-electron chi connectivity index (χ0n) is 16.5. The molecule has 4 rings (SSSR count). The van der Waals surface area contributed by atoms with E-state index in [9.17, 15) is 4.79 Å². The third kappa shape index (κ3) is 5.74. The van der Waals surface area contributed by atoms with Gasteiger partial charge in [0.15, 0.2) is 0 Å². The van der Waals surface area contributed by atoms with E-state index in [-0.39, 0.29) is 11.8 Å². The predicted molar refractivity (Wildman–Crippen MR) is 126 cm³/mol. The van der Waals surface area contributed by atoms with E-state index in [2.05, 4.69) is 38.6 Å². The number of hydrogen-bond donors (Lipinski definition) is 1. The van der Waals surface area contributed by atoms with Crippen molar-refractivity contribution < 1.29 is 4.79 Å². The molecule has 8 heteroatoms. The van der Waals surface area contributed by atoms with Gasteiger partial charge in [0.25, 0.3) is 0 Å². The molecule has 0 spiro atoms. The number of amides is 1. The SMILES string of the molecule is O=C(Nc1nnc(CSCc2ccccc2)s1)C1CCN(c2cccc(Cl)c2)CC1. The lowest BCUT2D eigenvalue weighted by Crippen LogP contribution is -2.38. The summed E-state index contributed by atoms with van der Waals surface area (Å²) < 4.78 is 0. The number of thioether (sulfide) groups is 1. The van der Waals surface area contributed by atoms with Crippen LogP contribution in [0.15, 0.2) is 54.6 Å². The molecule has 0 atom stereocenters. The van der Waals surface area contributed by atoms with E-state index >= 15 is 0 Å². The molecule has 1 saturated heterocycles. The summed E-state index contributed by atoms with van der Waals surface area (Å²) in [6, 6.07) is 18.2. The molecule has 1 aliphatic rings. The van der Waals surface area contributed by atoms with Crippen molar-refractivity contribution in [1.82, 2.24) is 10.2 Å². The Kier molecular flexibility index (Phi) is 7.25. The first-order valence-electron chi connectivity index (χ1n) is 9.93. The third-order valence-electron chi connectivity index (χ3n) is 5.07. The van der Waals surface area contributed by atoms with Crippen molar-refractivity contribution in [3.63, 3.8) is 0 Å². The van der Waals surface area contributed by atoms with Gasteiger partial charge in [-0.05, 0) is 36.6 Å². The zero-order valence-corrected chi connectivity index (χ0v) is 18.8. The van der Waals surface area contributed by atoms with Gasteiger partial charge in [0.05, 0.1) is 0 Å². The van der Waals surface area contributed by atoms with Crippen LogP contribution in [0.3, 0.4) is 0 Å². The maximum atomic E-state index is 12.7. The van der Waals surface area contributed by atoms with Crippen LogP contribution in [0.1, 0.15) is 23.4 Å². The maximum absolute atomic E-state index is 12.7. The molecule has 30 heavy (non-hydrogen) atoms. The van der Waals surface area contributed by atoms with Gasteiger partial charge in [0.1, 0.15) is 5.01 Å². The van der Waals surface area contributed by atoms with Crippen molar-refractivity contribution in [2.75, 3.05) is 23.3 Å². The monoisotopic (exact) mass is 458 g/mol. The van der Waals surface area contributed by atoms with E-state index in [0.717, 1.165) is 53.2 Å². The summed E-state index contributed by atoms with van der Waals surface area (Å²) in [5, 5.41) is 13.6. The maximum Gasteiger partial charge on any atom is 0.229 e. The van der Waals surface area contributed by atoms with Crippen LogP contribution in [0.5, 0.6) is 0 Å². The number of rotatable bonds is 7. The van der Waals surface area contributed by atoms with Gasteiger partial charge in [-0.2, -0.15) is 0 Å². The third-order valence-corrected chi connectivity index (χ3v) is 7.34. The molecule has 0 unspecified atom stereocenters. The Hall–Kier alpha value is -2.09. The number of nitrogens with one attached hydrogen (secondary N) is 1. The highest BCUT2D eigenvalue weighted by atomic mass is 35.5. The molecule has 0 aliphatic carbocycles. The molecule has 1 amide bonds. The van der Waals surface area contributed by atoms with Crippen LogP contribution < -0.4 is 10.2 Å². The van der Waals surface area contributed by atoms with Crippen molar-refractivity contribution in [2.45, 2.75) is 24.3 Å². The molecule has 1 aromatic heterocycles. The summed E-state index contributed by atoms with van der Waals surface area (Å²) in [5.41, 5.74) is 2.41. The molecular formula is C22H23ClN4OS2. The van der Waals surface area contributed by atoms with Crippen LogP contribution in [-0.2, 0) is 16.3 Å². The largest absolute Gasteiger partial charge is 0.371 e. The van der Waals surface area contributed by atoms with Crippen LogP contribution >= 0.6 is 34.7 Å². The smallest absolute Gasteiger partial charge is 0.229 e. The molecule has 0 radical (unpaired) electrons. The van der Waals surface area contributed by atoms with Gasteiger partial charge in [0.2, 0.25) is 11.0 Å². The van der Waals surface area contributed by atoms with Crippen molar-refractivity contribution >= 4 is 51.4 Å². The fraction of sp³-hybridized carbons (Fsp3) is 0.318. The molecule has 0 bridgehead atoms. The zero-order chi connectivity index (χ0) is 20.8. The summed E-state index contributed by atoms with van der Waals surface area (Å²) in [6.45, 7) is 1.69. The van der Waals surface area contributed by atoms with Gasteiger partial charge in [-0.15, -0.1) is 22.0 Å². The average Bonchev–Trinajstić information content (AvgIpc) is 3.22. The molecule has 156 valence electrons. The van der Waals surface area contributed by atoms with E-state index in [1.165, 1.54) is 16.9 Å². The van der Waals surface area contributed by atoms with Crippen LogP contribution in [-0.4, -0.2) is 29.2 Å². The number of carbonyl (C=O) groups excluding carboxylic acids is 1. The van der Waals surface area contributed by atoms with E-state index < -0.39 is 0 Å². The van der Waals surface area contributed by atoms with E-state index in [1.54, 1.807) is 11.8 Å². The second kappa shape index (κ2) is 10.3. The summed E-state index contributed by atoms with van der Waals surface area (Å²) in [7, 11) is 0. The molecule has 1 fully saturated rings. The van der Waals surface area contributed by atoms with Crippen LogP contribution in [0.2, 0.25) is 5.02 Å². The highest BCUT2D eigenvalue weighted by Gasteiger charge is 2.26. The molecule has 2 aromatic carbocycles. The highest BCUT2D eigenvalue weighted by molar-refractivity contribution is 7.97. The molecule has 0 saturated carbocycles. The minimum absolute atomic E-state index is 0.000222. The lowest BCUT2D eigenvalue weighted by molar-refractivity contribution is -0.120. The second-order valence-corrected chi connectivity index (χ2v) is 9.69. The number of hydrogen-bond acceptors (Lipinski definition) is 6. The van der Waals surface area contributed by atoms with Crippen LogP contribution in [0.25, 0.3) is 0 Å². The molecule has 1 N–H and O–H groups in total. The summed E-state index contributed by atoms with van der Waals surface area (Å²) in [5.74, 6) is 1.77. The van der Waals surface area contributed by atoms with Crippen LogP contribution in [0, 0.1) is 5.92 Å². The van der Waals surface area contributed by atoms with Gasteiger partial charge in [-0.1, -0.05) is 59.3 Å². The van der Waals surface area contributed by atoms with Crippen molar-refractivity contribution in [3.8, 4) is 0 Å². The Morgan fingerprint density at radius 2 is 1.90 bits per heavy atom. The van der Waals surface area contributed by atoms with Crippen LogP contribution in [0.4, 0.5) is 10.8 Å².